The Hall–Kier alpha value is -2.73. The van der Waals surface area contributed by atoms with Gasteiger partial charge in [-0.25, -0.2) is 4.98 Å². The summed E-state index contributed by atoms with van der Waals surface area (Å²) in [4.78, 5) is 32.1. The van der Waals surface area contributed by atoms with Crippen LogP contribution in [-0.2, 0) is 0 Å². The summed E-state index contributed by atoms with van der Waals surface area (Å²) in [6.07, 6.45) is 1.71. The van der Waals surface area contributed by atoms with Gasteiger partial charge in [0.1, 0.15) is 5.56 Å². The number of benzene rings is 1. The predicted molar refractivity (Wildman–Crippen MR) is 92.0 cm³/mol. The van der Waals surface area contributed by atoms with E-state index in [9.17, 15) is 9.59 Å². The minimum absolute atomic E-state index is 0.118. The van der Waals surface area contributed by atoms with Crippen LogP contribution in [0.3, 0.4) is 0 Å². The Labute approximate surface area is 137 Å². The number of carbonyl (C=O) groups is 1. The van der Waals surface area contributed by atoms with Crippen molar-refractivity contribution in [2.75, 3.05) is 5.32 Å². The van der Waals surface area contributed by atoms with Gasteiger partial charge in [-0.05, 0) is 31.0 Å². The second kappa shape index (κ2) is 6.18. The molecular weight excluding hydrogens is 310 g/mol. The van der Waals surface area contributed by atoms with Crippen LogP contribution in [0.4, 0.5) is 5.13 Å². The van der Waals surface area contributed by atoms with Gasteiger partial charge in [-0.3, -0.25) is 14.9 Å². The second-order valence-electron chi connectivity index (χ2n) is 5.19. The number of nitrogens with one attached hydrogen (secondary N) is 2. The molecule has 2 N–H and O–H groups in total. The molecule has 0 unspecified atom stereocenters. The number of nitrogens with zero attached hydrogens (tertiary/aromatic N) is 1. The highest BCUT2D eigenvalue weighted by molar-refractivity contribution is 7.19. The lowest BCUT2D eigenvalue weighted by atomic mass is 10.1. The highest BCUT2D eigenvalue weighted by atomic mass is 32.1. The Morgan fingerprint density at radius 3 is 2.65 bits per heavy atom. The van der Waals surface area contributed by atoms with Crippen molar-refractivity contribution in [2.24, 2.45) is 0 Å². The molecule has 0 radical (unpaired) electrons. The average molecular weight is 325 g/mol. The summed E-state index contributed by atoms with van der Waals surface area (Å²) in [6, 6.07) is 11.6. The number of aromatic amines is 1. The van der Waals surface area contributed by atoms with Crippen LogP contribution in [0.2, 0.25) is 0 Å². The predicted octanol–water partition coefficient (Wildman–Crippen LogP) is 3.37. The lowest BCUT2D eigenvalue weighted by molar-refractivity contribution is 0.102. The van der Waals surface area contributed by atoms with Crippen molar-refractivity contribution in [2.45, 2.75) is 13.8 Å². The number of carbonyl (C=O) groups excluding carboxylic acids is 1. The molecule has 0 aliphatic heterocycles. The summed E-state index contributed by atoms with van der Waals surface area (Å²) in [5, 5.41) is 3.16. The van der Waals surface area contributed by atoms with Gasteiger partial charge >= 0.3 is 0 Å². The number of rotatable bonds is 3. The van der Waals surface area contributed by atoms with E-state index in [0.717, 1.165) is 16.1 Å². The maximum absolute atomic E-state index is 12.3. The molecule has 3 rings (SSSR count). The van der Waals surface area contributed by atoms with Crippen LogP contribution in [0.5, 0.6) is 0 Å². The van der Waals surface area contributed by atoms with Crippen LogP contribution in [0.15, 0.2) is 47.4 Å². The molecule has 0 bridgehead atoms. The van der Waals surface area contributed by atoms with Crippen LogP contribution in [0.25, 0.3) is 10.4 Å². The maximum Gasteiger partial charge on any atom is 0.263 e. The standard InChI is InChI=1S/C17H15N3O2S/c1-10-8-11(2)19-15(21)14(10)16(22)20-17-18-9-13(23-17)12-6-4-3-5-7-12/h3-9H,1-2H3,(H,19,21)(H,18,20,22). The highest BCUT2D eigenvalue weighted by Gasteiger charge is 2.16. The summed E-state index contributed by atoms with van der Waals surface area (Å²) in [5.41, 5.74) is 2.13. The lowest BCUT2D eigenvalue weighted by Gasteiger charge is -2.05. The molecule has 0 saturated carbocycles. The molecule has 116 valence electrons. The molecule has 23 heavy (non-hydrogen) atoms. The monoisotopic (exact) mass is 325 g/mol. The van der Waals surface area contributed by atoms with Gasteiger partial charge in [-0.15, -0.1) is 0 Å². The van der Waals surface area contributed by atoms with E-state index < -0.39 is 5.91 Å². The number of H-pyrrole nitrogens is 1. The molecule has 3 aromatic rings. The van der Waals surface area contributed by atoms with Crippen molar-refractivity contribution in [3.8, 4) is 10.4 Å². The van der Waals surface area contributed by atoms with Gasteiger partial charge in [-0.1, -0.05) is 41.7 Å². The van der Waals surface area contributed by atoms with Gasteiger partial charge in [0.05, 0.1) is 4.88 Å². The number of anilines is 1. The van der Waals surface area contributed by atoms with E-state index in [1.54, 1.807) is 26.1 Å². The molecule has 1 aromatic carbocycles. The summed E-state index contributed by atoms with van der Waals surface area (Å²) in [5.74, 6) is -0.447. The molecule has 0 saturated heterocycles. The van der Waals surface area contributed by atoms with E-state index in [1.807, 2.05) is 30.3 Å². The van der Waals surface area contributed by atoms with Gasteiger partial charge in [0.2, 0.25) is 0 Å². The first-order chi connectivity index (χ1) is 11.0. The maximum atomic E-state index is 12.3. The van der Waals surface area contributed by atoms with Crippen molar-refractivity contribution < 1.29 is 4.79 Å². The van der Waals surface area contributed by atoms with Gasteiger partial charge in [0.25, 0.3) is 11.5 Å². The number of hydrogen-bond donors (Lipinski definition) is 2. The third-order valence-corrected chi connectivity index (χ3v) is 4.34. The number of pyridine rings is 1. The third-order valence-electron chi connectivity index (χ3n) is 3.38. The fourth-order valence-electron chi connectivity index (χ4n) is 2.36. The zero-order chi connectivity index (χ0) is 16.4. The SMILES string of the molecule is Cc1cc(C)c(C(=O)Nc2ncc(-c3ccccc3)s2)c(=O)[nH]1. The molecule has 1 amide bonds. The van der Waals surface area contributed by atoms with Gasteiger partial charge in [0.15, 0.2) is 5.13 Å². The summed E-state index contributed by atoms with van der Waals surface area (Å²) in [6.45, 7) is 3.53. The Kier molecular flexibility index (Phi) is 4.08. The van der Waals surface area contributed by atoms with Crippen molar-refractivity contribution >= 4 is 22.4 Å². The van der Waals surface area contributed by atoms with Gasteiger partial charge in [-0.2, -0.15) is 0 Å². The van der Waals surface area contributed by atoms with Crippen molar-refractivity contribution in [3.05, 3.63) is 69.8 Å². The first kappa shape index (κ1) is 15.2. The Morgan fingerprint density at radius 1 is 1.22 bits per heavy atom. The fourth-order valence-corrected chi connectivity index (χ4v) is 3.18. The van der Waals surface area contributed by atoms with Gasteiger partial charge in [0, 0.05) is 11.9 Å². The number of aromatic nitrogens is 2. The minimum atomic E-state index is -0.447. The van der Waals surface area contributed by atoms with Crippen LogP contribution >= 0.6 is 11.3 Å². The molecule has 0 atom stereocenters. The highest BCUT2D eigenvalue weighted by Crippen LogP contribution is 2.28. The van der Waals surface area contributed by atoms with E-state index in [0.29, 0.717) is 10.7 Å². The molecule has 5 nitrogen and oxygen atoms in total. The number of amides is 1. The van der Waals surface area contributed by atoms with Crippen molar-refractivity contribution in [3.63, 3.8) is 0 Å². The number of aryl methyl sites for hydroxylation is 2. The number of thiazole rings is 1. The van der Waals surface area contributed by atoms with Crippen LogP contribution < -0.4 is 10.9 Å². The van der Waals surface area contributed by atoms with Gasteiger partial charge < -0.3 is 4.98 Å². The zero-order valence-electron chi connectivity index (χ0n) is 12.7. The second-order valence-corrected chi connectivity index (χ2v) is 6.22. The van der Waals surface area contributed by atoms with E-state index in [2.05, 4.69) is 15.3 Å². The molecule has 6 heteroatoms. The van der Waals surface area contributed by atoms with E-state index in [-0.39, 0.29) is 11.1 Å². The number of hydrogen-bond acceptors (Lipinski definition) is 4. The minimum Gasteiger partial charge on any atom is -0.326 e. The fraction of sp³-hybridized carbons (Fsp3) is 0.118. The first-order valence-corrected chi connectivity index (χ1v) is 7.89. The molecule has 0 aliphatic rings. The van der Waals surface area contributed by atoms with Crippen molar-refractivity contribution in [1.82, 2.24) is 9.97 Å². The molecule has 0 fully saturated rings. The molecular formula is C17H15N3O2S. The van der Waals surface area contributed by atoms with Crippen molar-refractivity contribution in [1.29, 1.82) is 0 Å². The lowest BCUT2D eigenvalue weighted by Crippen LogP contribution is -2.25. The largest absolute Gasteiger partial charge is 0.326 e. The van der Waals surface area contributed by atoms with Crippen LogP contribution in [-0.4, -0.2) is 15.9 Å². The molecule has 2 aromatic heterocycles. The third kappa shape index (κ3) is 3.22. The summed E-state index contributed by atoms with van der Waals surface area (Å²) >= 11 is 1.37. The van der Waals surface area contributed by atoms with E-state index in [1.165, 1.54) is 11.3 Å². The Morgan fingerprint density at radius 2 is 1.96 bits per heavy atom. The normalized spacial score (nSPS) is 10.5. The summed E-state index contributed by atoms with van der Waals surface area (Å²) in [7, 11) is 0. The summed E-state index contributed by atoms with van der Waals surface area (Å²) < 4.78 is 0. The molecule has 0 spiro atoms. The van der Waals surface area contributed by atoms with E-state index in [4.69, 9.17) is 0 Å². The van der Waals surface area contributed by atoms with E-state index >= 15 is 0 Å². The average Bonchev–Trinajstić information content (AvgIpc) is 2.95. The molecule has 0 aliphatic carbocycles. The smallest absolute Gasteiger partial charge is 0.263 e. The van der Waals surface area contributed by atoms with Crippen LogP contribution in [0.1, 0.15) is 21.6 Å². The Balaban J connectivity index is 1.85. The first-order valence-electron chi connectivity index (χ1n) is 7.08. The zero-order valence-corrected chi connectivity index (χ0v) is 13.5. The topological polar surface area (TPSA) is 74.8 Å². The quantitative estimate of drug-likeness (QED) is 0.775. The molecule has 2 heterocycles. The Bertz CT molecular complexity index is 913. The van der Waals surface area contributed by atoms with Crippen LogP contribution in [0, 0.1) is 13.8 Å².